The highest BCUT2D eigenvalue weighted by molar-refractivity contribution is 6.32. The molecule has 1 aromatic heterocycles. The molecule has 2 heterocycles. The van der Waals surface area contributed by atoms with Crippen LogP contribution in [-0.2, 0) is 0 Å². The number of aromatic nitrogens is 1. The van der Waals surface area contributed by atoms with Gasteiger partial charge in [-0.25, -0.2) is 0 Å². The number of aromatic amines is 1. The zero-order valence-electron chi connectivity index (χ0n) is 12.0. The summed E-state index contributed by atoms with van der Waals surface area (Å²) in [5.41, 5.74) is 5.22. The van der Waals surface area contributed by atoms with Gasteiger partial charge in [0.1, 0.15) is 5.69 Å². The number of hydrazine groups is 1. The van der Waals surface area contributed by atoms with Crippen LogP contribution in [0, 0.1) is 0 Å². The second-order valence-corrected chi connectivity index (χ2v) is 5.24. The van der Waals surface area contributed by atoms with Gasteiger partial charge in [0.15, 0.2) is 11.5 Å². The van der Waals surface area contributed by atoms with E-state index in [0.29, 0.717) is 30.4 Å². The number of hydrogen-bond acceptors (Lipinski definition) is 4. The highest BCUT2D eigenvalue weighted by Crippen LogP contribution is 2.37. The van der Waals surface area contributed by atoms with Crippen LogP contribution in [-0.4, -0.2) is 30.0 Å². The predicted molar refractivity (Wildman–Crippen MR) is 82.8 cm³/mol. The number of fused-ring (bicyclic) bond motifs is 1. The van der Waals surface area contributed by atoms with E-state index in [-0.39, 0.29) is 10.6 Å². The van der Waals surface area contributed by atoms with E-state index < -0.39 is 11.8 Å². The molecule has 0 saturated heterocycles. The summed E-state index contributed by atoms with van der Waals surface area (Å²) in [4.78, 5) is 26.6. The Labute approximate surface area is 136 Å². The third-order valence-corrected chi connectivity index (χ3v) is 3.48. The highest BCUT2D eigenvalue weighted by Gasteiger charge is 2.19. The van der Waals surface area contributed by atoms with Crippen LogP contribution in [0.15, 0.2) is 30.5 Å². The lowest BCUT2D eigenvalue weighted by atomic mass is 10.2. The van der Waals surface area contributed by atoms with Gasteiger partial charge in [-0.1, -0.05) is 11.6 Å². The quantitative estimate of drug-likeness (QED) is 0.731. The van der Waals surface area contributed by atoms with E-state index in [4.69, 9.17) is 21.1 Å². The Balaban J connectivity index is 1.71. The van der Waals surface area contributed by atoms with E-state index >= 15 is 0 Å². The third kappa shape index (κ3) is 3.40. The molecule has 1 aromatic carbocycles. The second-order valence-electron chi connectivity index (χ2n) is 4.83. The molecule has 23 heavy (non-hydrogen) atoms. The van der Waals surface area contributed by atoms with Crippen molar-refractivity contribution in [2.45, 2.75) is 6.42 Å². The van der Waals surface area contributed by atoms with Crippen LogP contribution in [0.5, 0.6) is 11.5 Å². The number of carbonyl (C=O) groups excluding carboxylic acids is 2. The number of amides is 2. The fraction of sp³-hybridized carbons (Fsp3) is 0.200. The van der Waals surface area contributed by atoms with Gasteiger partial charge in [0, 0.05) is 18.2 Å². The zero-order valence-corrected chi connectivity index (χ0v) is 12.8. The van der Waals surface area contributed by atoms with Gasteiger partial charge in [0.05, 0.1) is 18.2 Å². The lowest BCUT2D eigenvalue weighted by Crippen LogP contribution is -2.41. The van der Waals surface area contributed by atoms with Crippen LogP contribution < -0.4 is 20.3 Å². The number of rotatable bonds is 2. The maximum atomic E-state index is 12.2. The summed E-state index contributed by atoms with van der Waals surface area (Å²) in [5.74, 6) is -0.127. The van der Waals surface area contributed by atoms with Gasteiger partial charge < -0.3 is 14.5 Å². The van der Waals surface area contributed by atoms with Gasteiger partial charge in [-0.3, -0.25) is 20.4 Å². The minimum Gasteiger partial charge on any atom is -0.489 e. The van der Waals surface area contributed by atoms with Crippen LogP contribution >= 0.6 is 11.6 Å². The van der Waals surface area contributed by atoms with Crippen LogP contribution in [0.3, 0.4) is 0 Å². The summed E-state index contributed by atoms with van der Waals surface area (Å²) in [5, 5.41) is 0.283. The topological polar surface area (TPSA) is 92.5 Å². The standard InChI is InChI=1S/C15H14ClN3O4/c16-10-7-9(8-12-13(10)23-6-2-5-22-12)14(20)18-19-15(21)11-3-1-4-17-11/h1,3-4,7-8,17H,2,5-6H2,(H,18,20)(H,19,21). The average Bonchev–Trinajstić information content (AvgIpc) is 2.98. The van der Waals surface area contributed by atoms with Gasteiger partial charge in [0.2, 0.25) is 0 Å². The van der Waals surface area contributed by atoms with Crippen molar-refractivity contribution in [1.29, 1.82) is 0 Å². The van der Waals surface area contributed by atoms with Crippen molar-refractivity contribution < 1.29 is 19.1 Å². The molecule has 0 unspecified atom stereocenters. The SMILES string of the molecule is O=C(NNC(=O)c1ccc[nH]1)c1cc(Cl)c2c(c1)OCCCO2. The number of carbonyl (C=O) groups is 2. The number of H-pyrrole nitrogens is 1. The Hall–Kier alpha value is -2.67. The zero-order chi connectivity index (χ0) is 16.2. The minimum atomic E-state index is -0.512. The van der Waals surface area contributed by atoms with Gasteiger partial charge in [-0.15, -0.1) is 0 Å². The monoisotopic (exact) mass is 335 g/mol. The Morgan fingerprint density at radius 3 is 2.70 bits per heavy atom. The van der Waals surface area contributed by atoms with Crippen molar-refractivity contribution in [3.63, 3.8) is 0 Å². The Morgan fingerprint density at radius 1 is 1.13 bits per heavy atom. The first-order chi connectivity index (χ1) is 11.1. The molecule has 0 atom stereocenters. The molecular weight excluding hydrogens is 322 g/mol. The molecule has 2 amide bonds. The summed E-state index contributed by atoms with van der Waals surface area (Å²) in [6, 6.07) is 6.26. The molecule has 0 saturated carbocycles. The fourth-order valence-corrected chi connectivity index (χ4v) is 2.35. The van der Waals surface area contributed by atoms with Gasteiger partial charge in [-0.2, -0.15) is 0 Å². The predicted octanol–water partition coefficient (Wildman–Crippen LogP) is 1.90. The first kappa shape index (κ1) is 15.2. The smallest absolute Gasteiger partial charge is 0.286 e. The molecule has 8 heteroatoms. The van der Waals surface area contributed by atoms with Crippen LogP contribution in [0.4, 0.5) is 0 Å². The maximum absolute atomic E-state index is 12.2. The molecule has 0 fully saturated rings. The Morgan fingerprint density at radius 2 is 1.91 bits per heavy atom. The lowest BCUT2D eigenvalue weighted by Gasteiger charge is -2.12. The number of ether oxygens (including phenoxy) is 2. The molecule has 120 valence electrons. The van der Waals surface area contributed by atoms with Gasteiger partial charge >= 0.3 is 0 Å². The molecular formula is C15H14ClN3O4. The summed E-state index contributed by atoms with van der Waals surface area (Å²) in [7, 11) is 0. The second kappa shape index (κ2) is 6.62. The van der Waals surface area contributed by atoms with Gasteiger partial charge in [-0.05, 0) is 24.3 Å². The van der Waals surface area contributed by atoms with Crippen LogP contribution in [0.2, 0.25) is 5.02 Å². The van der Waals surface area contributed by atoms with Crippen LogP contribution in [0.25, 0.3) is 0 Å². The number of nitrogens with one attached hydrogen (secondary N) is 3. The Kier molecular flexibility index (Phi) is 4.38. The molecule has 3 rings (SSSR count). The maximum Gasteiger partial charge on any atom is 0.286 e. The van der Waals surface area contributed by atoms with E-state index in [2.05, 4.69) is 15.8 Å². The number of benzene rings is 1. The lowest BCUT2D eigenvalue weighted by molar-refractivity contribution is 0.0844. The van der Waals surface area contributed by atoms with E-state index in [1.807, 2.05) is 0 Å². The van der Waals surface area contributed by atoms with Gasteiger partial charge in [0.25, 0.3) is 11.8 Å². The molecule has 0 radical (unpaired) electrons. The van der Waals surface area contributed by atoms with E-state index in [0.717, 1.165) is 6.42 Å². The average molecular weight is 336 g/mol. The third-order valence-electron chi connectivity index (χ3n) is 3.20. The van der Waals surface area contributed by atoms with E-state index in [1.54, 1.807) is 18.3 Å². The van der Waals surface area contributed by atoms with Crippen molar-refractivity contribution >= 4 is 23.4 Å². The number of halogens is 1. The van der Waals surface area contributed by atoms with E-state index in [9.17, 15) is 9.59 Å². The largest absolute Gasteiger partial charge is 0.489 e. The van der Waals surface area contributed by atoms with Crippen molar-refractivity contribution in [1.82, 2.24) is 15.8 Å². The molecule has 7 nitrogen and oxygen atoms in total. The molecule has 3 N–H and O–H groups in total. The summed E-state index contributed by atoms with van der Waals surface area (Å²) >= 11 is 6.13. The van der Waals surface area contributed by atoms with Crippen molar-refractivity contribution in [2.24, 2.45) is 0 Å². The Bertz CT molecular complexity index is 731. The molecule has 0 bridgehead atoms. The summed E-state index contributed by atoms with van der Waals surface area (Å²) in [6.07, 6.45) is 2.35. The van der Waals surface area contributed by atoms with Crippen molar-refractivity contribution in [2.75, 3.05) is 13.2 Å². The van der Waals surface area contributed by atoms with E-state index in [1.165, 1.54) is 12.1 Å². The molecule has 2 aromatic rings. The van der Waals surface area contributed by atoms with Crippen molar-refractivity contribution in [3.8, 4) is 11.5 Å². The fourth-order valence-electron chi connectivity index (χ4n) is 2.09. The molecule has 0 aliphatic carbocycles. The first-order valence-corrected chi connectivity index (χ1v) is 7.36. The summed E-state index contributed by atoms with van der Waals surface area (Å²) < 4.78 is 11.0. The molecule has 0 spiro atoms. The normalized spacial score (nSPS) is 13.1. The number of hydrogen-bond donors (Lipinski definition) is 3. The molecule has 1 aliphatic rings. The first-order valence-electron chi connectivity index (χ1n) is 6.98. The van der Waals surface area contributed by atoms with Crippen LogP contribution in [0.1, 0.15) is 27.3 Å². The summed E-state index contributed by atoms with van der Waals surface area (Å²) in [6.45, 7) is 0.989. The molecule has 1 aliphatic heterocycles. The van der Waals surface area contributed by atoms with Crippen molar-refractivity contribution in [3.05, 3.63) is 46.7 Å². The minimum absolute atomic E-state index is 0.256. The highest BCUT2D eigenvalue weighted by atomic mass is 35.5.